The van der Waals surface area contributed by atoms with E-state index in [0.29, 0.717) is 17.4 Å². The summed E-state index contributed by atoms with van der Waals surface area (Å²) in [5, 5.41) is 4.95. The van der Waals surface area contributed by atoms with Crippen LogP contribution in [-0.4, -0.2) is 25.5 Å². The first kappa shape index (κ1) is 17.4. The molecule has 0 fully saturated rings. The maximum atomic E-state index is 13.0. The molecule has 0 aliphatic carbocycles. The van der Waals surface area contributed by atoms with E-state index in [-0.39, 0.29) is 24.6 Å². The fourth-order valence-corrected chi connectivity index (χ4v) is 2.01. The third kappa shape index (κ3) is 5.05. The van der Waals surface area contributed by atoms with Crippen molar-refractivity contribution in [3.8, 4) is 5.75 Å². The molecular weight excluding hydrogens is 318 g/mol. The number of hydrogen-bond donors (Lipinski definition) is 2. The van der Waals surface area contributed by atoms with E-state index in [1.165, 1.54) is 7.11 Å². The molecule has 0 spiro atoms. The van der Waals surface area contributed by atoms with Crippen LogP contribution < -0.4 is 15.4 Å². The Hall–Kier alpha value is -2.96. The van der Waals surface area contributed by atoms with Crippen LogP contribution in [-0.2, 0) is 4.79 Å². The normalized spacial score (nSPS) is 10.1. The lowest BCUT2D eigenvalue weighted by molar-refractivity contribution is -0.116. The number of hydrogen-bond acceptors (Lipinski definition) is 3. The van der Waals surface area contributed by atoms with E-state index in [0.717, 1.165) is 12.1 Å². The molecule has 24 heavy (non-hydrogen) atoms. The highest BCUT2D eigenvalue weighted by Gasteiger charge is 2.09. The minimum Gasteiger partial charge on any atom is -0.497 e. The van der Waals surface area contributed by atoms with Gasteiger partial charge in [0.25, 0.3) is 5.91 Å². The zero-order chi connectivity index (χ0) is 17.5. The number of anilines is 1. The Labute approximate surface area is 137 Å². The summed E-state index contributed by atoms with van der Waals surface area (Å²) in [6.07, 6.45) is -0.0339. The Balaban J connectivity index is 1.82. The van der Waals surface area contributed by atoms with E-state index >= 15 is 0 Å². The van der Waals surface area contributed by atoms with E-state index in [4.69, 9.17) is 4.74 Å². The van der Waals surface area contributed by atoms with Crippen LogP contribution in [0.2, 0.25) is 0 Å². The molecule has 2 N–H and O–H groups in total. The molecule has 0 unspecified atom stereocenters. The lowest BCUT2D eigenvalue weighted by Gasteiger charge is -2.08. The lowest BCUT2D eigenvalue weighted by Crippen LogP contribution is -2.27. The zero-order valence-corrected chi connectivity index (χ0v) is 12.9. The molecule has 0 heterocycles. The lowest BCUT2D eigenvalue weighted by atomic mass is 10.2. The van der Waals surface area contributed by atoms with Gasteiger partial charge in [-0.2, -0.15) is 0 Å². The summed E-state index contributed by atoms with van der Waals surface area (Å²) < 4.78 is 31.1. The van der Waals surface area contributed by atoms with Gasteiger partial charge in [0.15, 0.2) is 0 Å². The molecule has 0 radical (unpaired) electrons. The highest BCUT2D eigenvalue weighted by atomic mass is 19.1. The summed E-state index contributed by atoms with van der Waals surface area (Å²) in [5.74, 6) is -1.83. The third-order valence-electron chi connectivity index (χ3n) is 3.12. The molecule has 5 nitrogen and oxygen atoms in total. The Morgan fingerprint density at radius 2 is 1.79 bits per heavy atom. The molecule has 0 saturated carbocycles. The van der Waals surface area contributed by atoms with Crippen molar-refractivity contribution in [2.45, 2.75) is 6.42 Å². The summed E-state index contributed by atoms with van der Waals surface area (Å²) in [6.45, 7) is 0.0830. The predicted molar refractivity (Wildman–Crippen MR) is 84.9 cm³/mol. The molecule has 0 bridgehead atoms. The molecule has 0 aliphatic rings. The third-order valence-corrected chi connectivity index (χ3v) is 3.12. The summed E-state index contributed by atoms with van der Waals surface area (Å²) in [5.41, 5.74) is 0.429. The van der Waals surface area contributed by atoms with Crippen LogP contribution in [0.25, 0.3) is 0 Å². The average Bonchev–Trinajstić information content (AvgIpc) is 2.53. The molecule has 0 aromatic heterocycles. The van der Waals surface area contributed by atoms with Crippen molar-refractivity contribution in [1.82, 2.24) is 5.32 Å². The summed E-state index contributed by atoms with van der Waals surface area (Å²) in [6, 6.07) is 9.31. The molecule has 2 aromatic rings. The monoisotopic (exact) mass is 334 g/mol. The minimum absolute atomic E-state index is 0.0247. The van der Waals surface area contributed by atoms with Crippen molar-refractivity contribution < 1.29 is 23.1 Å². The van der Waals surface area contributed by atoms with Gasteiger partial charge < -0.3 is 15.4 Å². The van der Waals surface area contributed by atoms with Crippen molar-refractivity contribution in [2.24, 2.45) is 0 Å². The second kappa shape index (κ2) is 8.05. The van der Waals surface area contributed by atoms with Gasteiger partial charge in [-0.3, -0.25) is 9.59 Å². The van der Waals surface area contributed by atoms with Gasteiger partial charge in [-0.25, -0.2) is 8.78 Å². The summed E-state index contributed by atoms with van der Waals surface area (Å²) in [4.78, 5) is 23.7. The molecule has 0 aliphatic heterocycles. The molecule has 2 aromatic carbocycles. The van der Waals surface area contributed by atoms with Gasteiger partial charge in [0, 0.05) is 30.3 Å². The van der Waals surface area contributed by atoms with Gasteiger partial charge in [0.2, 0.25) is 5.91 Å². The number of halogens is 2. The Kier molecular flexibility index (Phi) is 5.83. The Bertz CT molecular complexity index is 730. The van der Waals surface area contributed by atoms with Gasteiger partial charge in [0.1, 0.15) is 17.4 Å². The fourth-order valence-electron chi connectivity index (χ4n) is 2.01. The van der Waals surface area contributed by atoms with E-state index in [2.05, 4.69) is 10.6 Å². The highest BCUT2D eigenvalue weighted by molar-refractivity contribution is 5.95. The van der Waals surface area contributed by atoms with E-state index < -0.39 is 17.5 Å². The molecule has 0 atom stereocenters. The van der Waals surface area contributed by atoms with Gasteiger partial charge in [0.05, 0.1) is 7.11 Å². The number of amides is 2. The molecular formula is C17H16F2N2O3. The molecule has 126 valence electrons. The van der Waals surface area contributed by atoms with Gasteiger partial charge in [-0.15, -0.1) is 0 Å². The van der Waals surface area contributed by atoms with Crippen molar-refractivity contribution in [3.63, 3.8) is 0 Å². The van der Waals surface area contributed by atoms with Gasteiger partial charge >= 0.3 is 0 Å². The molecule has 7 heteroatoms. The van der Waals surface area contributed by atoms with Crippen LogP contribution in [0.1, 0.15) is 16.8 Å². The summed E-state index contributed by atoms with van der Waals surface area (Å²) in [7, 11) is 1.50. The highest BCUT2D eigenvalue weighted by Crippen LogP contribution is 2.13. The number of ether oxygens (including phenoxy) is 1. The van der Waals surface area contributed by atoms with Gasteiger partial charge in [-0.05, 0) is 30.3 Å². The number of methoxy groups -OCH3 is 1. The van der Waals surface area contributed by atoms with Crippen LogP contribution in [0.3, 0.4) is 0 Å². The van der Waals surface area contributed by atoms with E-state index in [1.54, 1.807) is 24.3 Å². The first-order valence-corrected chi connectivity index (χ1v) is 7.16. The van der Waals surface area contributed by atoms with Gasteiger partial charge in [-0.1, -0.05) is 6.07 Å². The predicted octanol–water partition coefficient (Wildman–Crippen LogP) is 2.73. The number of carbonyl (C=O) groups is 2. The zero-order valence-electron chi connectivity index (χ0n) is 12.9. The Morgan fingerprint density at radius 3 is 2.46 bits per heavy atom. The smallest absolute Gasteiger partial charge is 0.251 e. The van der Waals surface area contributed by atoms with Crippen LogP contribution >= 0.6 is 0 Å². The van der Waals surface area contributed by atoms with Crippen LogP contribution in [0, 0.1) is 11.6 Å². The first-order valence-electron chi connectivity index (χ1n) is 7.16. The summed E-state index contributed by atoms with van der Waals surface area (Å²) >= 11 is 0. The minimum atomic E-state index is -0.781. The van der Waals surface area contributed by atoms with Crippen molar-refractivity contribution >= 4 is 17.5 Å². The van der Waals surface area contributed by atoms with Crippen LogP contribution in [0.4, 0.5) is 14.5 Å². The van der Waals surface area contributed by atoms with Crippen LogP contribution in [0.15, 0.2) is 42.5 Å². The first-order chi connectivity index (χ1) is 11.5. The maximum Gasteiger partial charge on any atom is 0.251 e. The average molecular weight is 334 g/mol. The number of nitrogens with one attached hydrogen (secondary N) is 2. The second-order valence-corrected chi connectivity index (χ2v) is 4.94. The largest absolute Gasteiger partial charge is 0.497 e. The van der Waals surface area contributed by atoms with Crippen LogP contribution in [0.5, 0.6) is 5.75 Å². The Morgan fingerprint density at radius 1 is 1.08 bits per heavy atom. The molecule has 2 amide bonds. The number of benzene rings is 2. The standard InChI is InChI=1S/C17H16F2N2O3/c1-24-15-4-2-3-11(7-15)17(23)20-6-5-16(22)21-14-9-12(18)8-13(19)10-14/h2-4,7-10H,5-6H2,1H3,(H,20,23)(H,21,22). The fraction of sp³-hybridized carbons (Fsp3) is 0.176. The van der Waals surface area contributed by atoms with Crippen molar-refractivity contribution in [3.05, 3.63) is 59.7 Å². The molecule has 2 rings (SSSR count). The maximum absolute atomic E-state index is 13.0. The quantitative estimate of drug-likeness (QED) is 0.853. The van der Waals surface area contributed by atoms with E-state index in [1.807, 2.05) is 0 Å². The van der Waals surface area contributed by atoms with Crippen molar-refractivity contribution in [2.75, 3.05) is 19.0 Å². The van der Waals surface area contributed by atoms with E-state index in [9.17, 15) is 18.4 Å². The number of rotatable bonds is 6. The molecule has 0 saturated heterocycles. The topological polar surface area (TPSA) is 67.4 Å². The van der Waals surface area contributed by atoms with Crippen molar-refractivity contribution in [1.29, 1.82) is 0 Å². The number of carbonyl (C=O) groups excluding carboxylic acids is 2. The second-order valence-electron chi connectivity index (χ2n) is 4.94. The SMILES string of the molecule is COc1cccc(C(=O)NCCC(=O)Nc2cc(F)cc(F)c2)c1.